The molecule has 0 amide bonds. The number of fused-ring (bicyclic) bond motifs is 2. The summed E-state index contributed by atoms with van der Waals surface area (Å²) in [4.78, 5) is 4.23. The van der Waals surface area contributed by atoms with E-state index in [1.165, 1.54) is 5.56 Å². The van der Waals surface area contributed by atoms with Crippen molar-refractivity contribution in [2.24, 2.45) is 5.73 Å². The molecule has 0 radical (unpaired) electrons. The molecule has 2 atom stereocenters. The number of rotatable bonds is 2. The summed E-state index contributed by atoms with van der Waals surface area (Å²) >= 11 is 0. The van der Waals surface area contributed by atoms with Crippen LogP contribution in [0.5, 0.6) is 5.75 Å². The SMILES string of the molecule is NC(c1cccc2ccncc12)C1Cc2ccccc2O1. The zero-order valence-electron chi connectivity index (χ0n) is 11.6. The number of ether oxygens (including phenoxy) is 1. The van der Waals surface area contributed by atoms with Crippen LogP contribution in [0.25, 0.3) is 10.8 Å². The highest BCUT2D eigenvalue weighted by Gasteiger charge is 2.29. The third kappa shape index (κ3) is 2.06. The van der Waals surface area contributed by atoms with E-state index in [1.54, 1.807) is 6.20 Å². The average molecular weight is 276 g/mol. The molecule has 0 saturated carbocycles. The molecular weight excluding hydrogens is 260 g/mol. The average Bonchev–Trinajstić information content (AvgIpc) is 2.97. The maximum atomic E-state index is 6.49. The Labute approximate surface area is 123 Å². The summed E-state index contributed by atoms with van der Waals surface area (Å²) < 4.78 is 6.03. The highest BCUT2D eigenvalue weighted by Crippen LogP contribution is 2.34. The molecule has 0 bridgehead atoms. The van der Waals surface area contributed by atoms with Crippen molar-refractivity contribution in [2.75, 3.05) is 0 Å². The first-order valence-corrected chi connectivity index (χ1v) is 7.16. The minimum atomic E-state index is -0.162. The van der Waals surface area contributed by atoms with Crippen LogP contribution in [0.15, 0.2) is 60.9 Å². The van der Waals surface area contributed by atoms with Gasteiger partial charge in [0.25, 0.3) is 0 Å². The Morgan fingerprint density at radius 1 is 1.10 bits per heavy atom. The van der Waals surface area contributed by atoms with Gasteiger partial charge < -0.3 is 10.5 Å². The van der Waals surface area contributed by atoms with Crippen LogP contribution in [-0.2, 0) is 6.42 Å². The van der Waals surface area contributed by atoms with Crippen molar-refractivity contribution >= 4 is 10.8 Å². The Balaban J connectivity index is 1.71. The van der Waals surface area contributed by atoms with Crippen molar-refractivity contribution in [3.63, 3.8) is 0 Å². The number of pyridine rings is 1. The molecular formula is C18H16N2O. The molecule has 1 aliphatic rings. The maximum absolute atomic E-state index is 6.49. The van der Waals surface area contributed by atoms with E-state index >= 15 is 0 Å². The lowest BCUT2D eigenvalue weighted by atomic mass is 9.95. The first kappa shape index (κ1) is 12.4. The molecule has 0 aliphatic carbocycles. The van der Waals surface area contributed by atoms with E-state index in [0.29, 0.717) is 0 Å². The molecule has 0 saturated heterocycles. The van der Waals surface area contributed by atoms with E-state index in [0.717, 1.165) is 28.5 Å². The minimum absolute atomic E-state index is 0.0202. The van der Waals surface area contributed by atoms with Gasteiger partial charge in [0.05, 0.1) is 6.04 Å². The van der Waals surface area contributed by atoms with Crippen LogP contribution in [0.3, 0.4) is 0 Å². The summed E-state index contributed by atoms with van der Waals surface area (Å²) in [5, 5.41) is 2.26. The first-order chi connectivity index (χ1) is 10.3. The summed E-state index contributed by atoms with van der Waals surface area (Å²) in [5.41, 5.74) is 8.82. The highest BCUT2D eigenvalue weighted by atomic mass is 16.5. The zero-order chi connectivity index (χ0) is 14.2. The lowest BCUT2D eigenvalue weighted by Gasteiger charge is -2.21. The van der Waals surface area contributed by atoms with Gasteiger partial charge in [0.1, 0.15) is 11.9 Å². The molecule has 4 rings (SSSR count). The predicted molar refractivity (Wildman–Crippen MR) is 83.2 cm³/mol. The Hall–Kier alpha value is -2.39. The smallest absolute Gasteiger partial charge is 0.123 e. The minimum Gasteiger partial charge on any atom is -0.488 e. The molecule has 0 spiro atoms. The van der Waals surface area contributed by atoms with Crippen LogP contribution in [0.1, 0.15) is 17.2 Å². The molecule has 3 aromatic rings. The molecule has 3 heteroatoms. The van der Waals surface area contributed by atoms with E-state index in [-0.39, 0.29) is 12.1 Å². The normalized spacial score (nSPS) is 18.2. The van der Waals surface area contributed by atoms with Gasteiger partial charge in [-0.05, 0) is 28.6 Å². The summed E-state index contributed by atoms with van der Waals surface area (Å²) in [6.07, 6.45) is 4.52. The number of hydrogen-bond donors (Lipinski definition) is 1. The van der Waals surface area contributed by atoms with Crippen LogP contribution in [0.2, 0.25) is 0 Å². The second kappa shape index (κ2) is 4.86. The summed E-state index contributed by atoms with van der Waals surface area (Å²) in [6, 6.07) is 16.2. The zero-order valence-corrected chi connectivity index (χ0v) is 11.6. The number of para-hydroxylation sites is 1. The van der Waals surface area contributed by atoms with Crippen molar-refractivity contribution in [3.8, 4) is 5.75 Å². The van der Waals surface area contributed by atoms with Crippen molar-refractivity contribution in [3.05, 3.63) is 72.1 Å². The third-order valence-corrected chi connectivity index (χ3v) is 4.15. The van der Waals surface area contributed by atoms with E-state index in [2.05, 4.69) is 23.2 Å². The summed E-state index contributed by atoms with van der Waals surface area (Å²) in [5.74, 6) is 0.955. The van der Waals surface area contributed by atoms with Gasteiger partial charge in [0.2, 0.25) is 0 Å². The molecule has 2 heterocycles. The van der Waals surface area contributed by atoms with E-state index < -0.39 is 0 Å². The molecule has 2 N–H and O–H groups in total. The molecule has 2 aromatic carbocycles. The van der Waals surface area contributed by atoms with Crippen LogP contribution in [0.4, 0.5) is 0 Å². The fourth-order valence-electron chi connectivity index (χ4n) is 3.04. The molecule has 1 aliphatic heterocycles. The molecule has 3 nitrogen and oxygen atoms in total. The van der Waals surface area contributed by atoms with Gasteiger partial charge in [0, 0.05) is 24.2 Å². The van der Waals surface area contributed by atoms with Gasteiger partial charge in [-0.25, -0.2) is 0 Å². The topological polar surface area (TPSA) is 48.1 Å². The van der Waals surface area contributed by atoms with Crippen molar-refractivity contribution < 1.29 is 4.74 Å². The fourth-order valence-corrected chi connectivity index (χ4v) is 3.04. The standard InChI is InChI=1S/C18H16N2O/c19-18(17-10-13-4-1-2-7-16(13)21-17)14-6-3-5-12-8-9-20-11-15(12)14/h1-9,11,17-18H,10,19H2. The fraction of sp³-hybridized carbons (Fsp3) is 0.167. The summed E-state index contributed by atoms with van der Waals surface area (Å²) in [6.45, 7) is 0. The molecule has 0 fully saturated rings. The maximum Gasteiger partial charge on any atom is 0.123 e. The van der Waals surface area contributed by atoms with Gasteiger partial charge >= 0.3 is 0 Å². The first-order valence-electron chi connectivity index (χ1n) is 7.16. The third-order valence-electron chi connectivity index (χ3n) is 4.15. The van der Waals surface area contributed by atoms with Gasteiger partial charge in [-0.1, -0.05) is 36.4 Å². The number of aromatic nitrogens is 1. The van der Waals surface area contributed by atoms with Gasteiger partial charge in [-0.3, -0.25) is 4.98 Å². The lowest BCUT2D eigenvalue weighted by molar-refractivity contribution is 0.200. The second-order valence-corrected chi connectivity index (χ2v) is 5.44. The van der Waals surface area contributed by atoms with E-state index in [9.17, 15) is 0 Å². The number of benzene rings is 2. The van der Waals surface area contributed by atoms with Crippen molar-refractivity contribution in [2.45, 2.75) is 18.6 Å². The van der Waals surface area contributed by atoms with Crippen LogP contribution >= 0.6 is 0 Å². The van der Waals surface area contributed by atoms with E-state index in [1.807, 2.05) is 36.5 Å². The molecule has 21 heavy (non-hydrogen) atoms. The molecule has 2 unspecified atom stereocenters. The second-order valence-electron chi connectivity index (χ2n) is 5.44. The van der Waals surface area contributed by atoms with Gasteiger partial charge in [-0.2, -0.15) is 0 Å². The van der Waals surface area contributed by atoms with Crippen molar-refractivity contribution in [1.29, 1.82) is 0 Å². The van der Waals surface area contributed by atoms with Gasteiger partial charge in [0.15, 0.2) is 0 Å². The Bertz CT molecular complexity index is 770. The van der Waals surface area contributed by atoms with Crippen LogP contribution in [-0.4, -0.2) is 11.1 Å². The molecule has 104 valence electrons. The van der Waals surface area contributed by atoms with E-state index in [4.69, 9.17) is 10.5 Å². The predicted octanol–water partition coefficient (Wildman–Crippen LogP) is 3.24. The number of nitrogens with zero attached hydrogens (tertiary/aromatic N) is 1. The van der Waals surface area contributed by atoms with Gasteiger partial charge in [-0.15, -0.1) is 0 Å². The molecule has 1 aromatic heterocycles. The number of nitrogens with two attached hydrogens (primary N) is 1. The number of hydrogen-bond acceptors (Lipinski definition) is 3. The van der Waals surface area contributed by atoms with Crippen molar-refractivity contribution in [1.82, 2.24) is 4.98 Å². The Morgan fingerprint density at radius 2 is 2.00 bits per heavy atom. The largest absolute Gasteiger partial charge is 0.488 e. The van der Waals surface area contributed by atoms with Crippen LogP contribution < -0.4 is 10.5 Å². The Kier molecular flexibility index (Phi) is 2.86. The Morgan fingerprint density at radius 3 is 2.90 bits per heavy atom. The lowest BCUT2D eigenvalue weighted by Crippen LogP contribution is -2.30. The monoisotopic (exact) mass is 276 g/mol. The quantitative estimate of drug-likeness (QED) is 0.781. The van der Waals surface area contributed by atoms with Crippen LogP contribution in [0, 0.1) is 0 Å². The highest BCUT2D eigenvalue weighted by molar-refractivity contribution is 5.85. The summed E-state index contributed by atoms with van der Waals surface area (Å²) in [7, 11) is 0.